The monoisotopic (exact) mass is 432 g/mol. The summed E-state index contributed by atoms with van der Waals surface area (Å²) in [6, 6.07) is 16.2. The second kappa shape index (κ2) is 9.56. The highest BCUT2D eigenvalue weighted by atomic mass is 16.5. The molecule has 0 atom stereocenters. The highest BCUT2D eigenvalue weighted by Crippen LogP contribution is 2.44. The molecule has 1 saturated carbocycles. The van der Waals surface area contributed by atoms with Gasteiger partial charge in [0.2, 0.25) is 0 Å². The standard InChI is InChI=1S/C25H24N2O5/c28-23(27(15-24(29)30)14-17-11-12-17)10-5-13-26-25(31)32-16-22-20-8-3-1-6-18(20)19-7-2-4-9-21(19)22/h1-4,6-9,17,22H,11-16H2,(H,26,31)(H,29,30). The molecule has 4 rings (SSSR count). The molecule has 0 unspecified atom stereocenters. The predicted molar refractivity (Wildman–Crippen MR) is 118 cm³/mol. The summed E-state index contributed by atoms with van der Waals surface area (Å²) in [6.45, 7) is 0.163. The van der Waals surface area contributed by atoms with Crippen LogP contribution < -0.4 is 5.32 Å². The number of benzene rings is 2. The third-order valence-corrected chi connectivity index (χ3v) is 5.65. The first-order valence-electron chi connectivity index (χ1n) is 10.6. The van der Waals surface area contributed by atoms with Crippen LogP contribution in [0.5, 0.6) is 0 Å². The minimum absolute atomic E-state index is 0.0344. The molecule has 0 aromatic heterocycles. The number of nitrogens with one attached hydrogen (secondary N) is 1. The van der Waals surface area contributed by atoms with Crippen molar-refractivity contribution in [3.8, 4) is 23.0 Å². The average molecular weight is 432 g/mol. The number of ether oxygens (including phenoxy) is 1. The number of fused-ring (bicyclic) bond motifs is 3. The van der Waals surface area contributed by atoms with Gasteiger partial charge in [-0.05, 0) is 46.9 Å². The first kappa shape index (κ1) is 21.4. The zero-order valence-corrected chi connectivity index (χ0v) is 17.5. The second-order valence-corrected chi connectivity index (χ2v) is 8.00. The maximum Gasteiger partial charge on any atom is 0.407 e. The Bertz CT molecular complexity index is 1050. The van der Waals surface area contributed by atoms with Crippen LogP contribution in [-0.4, -0.2) is 54.2 Å². The summed E-state index contributed by atoms with van der Waals surface area (Å²) in [5.74, 6) is 3.69. The quantitative estimate of drug-likeness (QED) is 0.656. The van der Waals surface area contributed by atoms with E-state index in [0.29, 0.717) is 12.5 Å². The molecule has 0 spiro atoms. The molecule has 32 heavy (non-hydrogen) atoms. The van der Waals surface area contributed by atoms with Crippen LogP contribution in [0.15, 0.2) is 48.5 Å². The first-order valence-corrected chi connectivity index (χ1v) is 10.6. The van der Waals surface area contributed by atoms with Crippen molar-refractivity contribution in [1.82, 2.24) is 10.2 Å². The van der Waals surface area contributed by atoms with Crippen LogP contribution in [0.3, 0.4) is 0 Å². The summed E-state index contributed by atoms with van der Waals surface area (Å²) in [5.41, 5.74) is 4.55. The number of alkyl carbamates (subject to hydrolysis) is 1. The predicted octanol–water partition coefficient (Wildman–Crippen LogP) is 2.85. The van der Waals surface area contributed by atoms with E-state index in [0.717, 1.165) is 35.1 Å². The van der Waals surface area contributed by atoms with Gasteiger partial charge in [0.15, 0.2) is 0 Å². The van der Waals surface area contributed by atoms with E-state index >= 15 is 0 Å². The van der Waals surface area contributed by atoms with E-state index in [1.807, 2.05) is 36.4 Å². The molecular formula is C25H24N2O5. The maximum atomic E-state index is 12.2. The number of hydrogen-bond donors (Lipinski definition) is 2. The molecule has 2 aromatic carbocycles. The van der Waals surface area contributed by atoms with Gasteiger partial charge in [-0.15, -0.1) is 0 Å². The number of hydrogen-bond acceptors (Lipinski definition) is 4. The van der Waals surface area contributed by atoms with E-state index in [2.05, 4.69) is 29.3 Å². The van der Waals surface area contributed by atoms with E-state index in [9.17, 15) is 14.4 Å². The van der Waals surface area contributed by atoms with Crippen LogP contribution in [0, 0.1) is 17.8 Å². The summed E-state index contributed by atoms with van der Waals surface area (Å²) < 4.78 is 5.42. The zero-order chi connectivity index (χ0) is 22.5. The van der Waals surface area contributed by atoms with Crippen LogP contribution in [0.4, 0.5) is 4.79 Å². The van der Waals surface area contributed by atoms with Crippen LogP contribution >= 0.6 is 0 Å². The number of rotatable bonds is 7. The highest BCUT2D eigenvalue weighted by molar-refractivity contribution is 5.95. The fourth-order valence-electron chi connectivity index (χ4n) is 3.96. The molecule has 7 nitrogen and oxygen atoms in total. The van der Waals surface area contributed by atoms with Gasteiger partial charge in [0.25, 0.3) is 5.91 Å². The number of carbonyl (C=O) groups excluding carboxylic acids is 2. The summed E-state index contributed by atoms with van der Waals surface area (Å²) >= 11 is 0. The number of carbonyl (C=O) groups is 3. The maximum absolute atomic E-state index is 12.2. The van der Waals surface area contributed by atoms with Gasteiger partial charge in [-0.3, -0.25) is 9.59 Å². The topological polar surface area (TPSA) is 95.9 Å². The number of carboxylic acids is 1. The Morgan fingerprint density at radius 3 is 2.25 bits per heavy atom. The summed E-state index contributed by atoms with van der Waals surface area (Å²) in [5, 5.41) is 11.5. The van der Waals surface area contributed by atoms with Crippen molar-refractivity contribution < 1.29 is 24.2 Å². The van der Waals surface area contributed by atoms with Crippen molar-refractivity contribution in [2.24, 2.45) is 5.92 Å². The van der Waals surface area contributed by atoms with E-state index in [-0.39, 0.29) is 25.6 Å². The molecule has 0 bridgehead atoms. The van der Waals surface area contributed by atoms with Gasteiger partial charge >= 0.3 is 12.1 Å². The molecule has 2 N–H and O–H groups in total. The SMILES string of the molecule is O=C(O)CN(CC1CC1)C(=O)C#CCNC(=O)OCC1c2ccccc2-c2ccccc21. The molecule has 2 amide bonds. The van der Waals surface area contributed by atoms with E-state index in [4.69, 9.17) is 9.84 Å². The van der Waals surface area contributed by atoms with Gasteiger partial charge in [-0.25, -0.2) is 4.79 Å². The lowest BCUT2D eigenvalue weighted by Crippen LogP contribution is -2.36. The zero-order valence-electron chi connectivity index (χ0n) is 17.5. The van der Waals surface area contributed by atoms with Gasteiger partial charge in [0.05, 0.1) is 6.54 Å². The van der Waals surface area contributed by atoms with Gasteiger partial charge in [0.1, 0.15) is 13.2 Å². The third-order valence-electron chi connectivity index (χ3n) is 5.65. The number of carboxylic acid groups (broad SMARTS) is 1. The van der Waals surface area contributed by atoms with Gasteiger partial charge < -0.3 is 20.1 Å². The van der Waals surface area contributed by atoms with Gasteiger partial charge in [-0.1, -0.05) is 54.5 Å². The molecule has 0 aliphatic heterocycles. The normalized spacial score (nSPS) is 13.9. The number of nitrogens with zero attached hydrogens (tertiary/aromatic N) is 1. The fourth-order valence-corrected chi connectivity index (χ4v) is 3.96. The van der Waals surface area contributed by atoms with Crippen molar-refractivity contribution >= 4 is 18.0 Å². The Kier molecular flexibility index (Phi) is 6.41. The van der Waals surface area contributed by atoms with Crippen molar-refractivity contribution in [3.05, 3.63) is 59.7 Å². The highest BCUT2D eigenvalue weighted by Gasteiger charge is 2.29. The average Bonchev–Trinajstić information content (AvgIpc) is 3.55. The molecular weight excluding hydrogens is 408 g/mol. The molecule has 164 valence electrons. The Morgan fingerprint density at radius 1 is 1.03 bits per heavy atom. The number of amides is 2. The van der Waals surface area contributed by atoms with Crippen molar-refractivity contribution in [2.75, 3.05) is 26.2 Å². The lowest BCUT2D eigenvalue weighted by Gasteiger charge is -2.17. The third kappa shape index (κ3) is 5.09. The Morgan fingerprint density at radius 2 is 1.66 bits per heavy atom. The fraction of sp³-hybridized carbons (Fsp3) is 0.320. The minimum atomic E-state index is -1.07. The molecule has 0 saturated heterocycles. The lowest BCUT2D eigenvalue weighted by atomic mass is 9.98. The molecule has 1 fully saturated rings. The Labute approximate surface area is 186 Å². The van der Waals surface area contributed by atoms with Crippen molar-refractivity contribution in [3.63, 3.8) is 0 Å². The van der Waals surface area contributed by atoms with Crippen molar-refractivity contribution in [1.29, 1.82) is 0 Å². The summed E-state index contributed by atoms with van der Waals surface area (Å²) in [4.78, 5) is 36.5. The van der Waals surface area contributed by atoms with E-state index in [1.165, 1.54) is 4.90 Å². The van der Waals surface area contributed by atoms with Crippen LogP contribution in [0.1, 0.15) is 29.9 Å². The van der Waals surface area contributed by atoms with Gasteiger partial charge in [0, 0.05) is 12.5 Å². The largest absolute Gasteiger partial charge is 0.480 e. The molecule has 2 aliphatic rings. The van der Waals surface area contributed by atoms with E-state index in [1.54, 1.807) is 0 Å². The summed E-state index contributed by atoms with van der Waals surface area (Å²) in [6.07, 6.45) is 1.38. The Hall–Kier alpha value is -3.79. The first-order chi connectivity index (χ1) is 15.5. The van der Waals surface area contributed by atoms with Crippen molar-refractivity contribution in [2.45, 2.75) is 18.8 Å². The van der Waals surface area contributed by atoms with Crippen LogP contribution in [0.2, 0.25) is 0 Å². The molecule has 7 heteroatoms. The van der Waals surface area contributed by atoms with Crippen LogP contribution in [-0.2, 0) is 14.3 Å². The Balaban J connectivity index is 1.28. The molecule has 2 aliphatic carbocycles. The van der Waals surface area contributed by atoms with E-state index < -0.39 is 18.0 Å². The smallest absolute Gasteiger partial charge is 0.407 e. The van der Waals surface area contributed by atoms with Gasteiger partial charge in [-0.2, -0.15) is 0 Å². The molecule has 2 aromatic rings. The molecule has 0 radical (unpaired) electrons. The number of aliphatic carboxylic acids is 1. The summed E-state index contributed by atoms with van der Waals surface area (Å²) in [7, 11) is 0. The van der Waals surface area contributed by atoms with Crippen LogP contribution in [0.25, 0.3) is 11.1 Å². The second-order valence-electron chi connectivity index (χ2n) is 8.00. The lowest BCUT2D eigenvalue weighted by molar-refractivity contribution is -0.142. The molecule has 0 heterocycles. The minimum Gasteiger partial charge on any atom is -0.480 e.